The first-order valence-corrected chi connectivity index (χ1v) is 9.02. The van der Waals surface area contributed by atoms with Crippen LogP contribution >= 0.6 is 0 Å². The van der Waals surface area contributed by atoms with Crippen molar-refractivity contribution in [3.8, 4) is 5.75 Å². The van der Waals surface area contributed by atoms with Gasteiger partial charge in [-0.1, -0.05) is 24.3 Å². The van der Waals surface area contributed by atoms with Crippen LogP contribution in [0, 0.1) is 0 Å². The maximum atomic E-state index is 12.3. The standard InChI is InChI=1S/C16H16F2N2O4S/c1-25(22,23)20-14-5-3-2-4-13(14)15(21)19-10-11-6-8-12(9-7-11)24-16(17)18/h2-9,16,20H,10H2,1H3,(H,19,21). The Bertz CT molecular complexity index is 839. The van der Waals surface area contributed by atoms with Gasteiger partial charge in [0, 0.05) is 6.54 Å². The summed E-state index contributed by atoms with van der Waals surface area (Å²) in [5.41, 5.74) is 1.01. The average molecular weight is 370 g/mol. The molecule has 0 aliphatic heterocycles. The molecular weight excluding hydrogens is 354 g/mol. The number of carbonyl (C=O) groups is 1. The highest BCUT2D eigenvalue weighted by molar-refractivity contribution is 7.92. The van der Waals surface area contributed by atoms with Crippen LogP contribution in [0.3, 0.4) is 0 Å². The predicted octanol–water partition coefficient (Wildman–Crippen LogP) is 2.59. The zero-order valence-corrected chi connectivity index (χ0v) is 14.0. The molecule has 0 aliphatic rings. The van der Waals surface area contributed by atoms with E-state index in [1.165, 1.54) is 24.3 Å². The topological polar surface area (TPSA) is 84.5 Å². The molecule has 0 aliphatic carbocycles. The van der Waals surface area contributed by atoms with E-state index in [1.54, 1.807) is 24.3 Å². The Balaban J connectivity index is 2.03. The summed E-state index contributed by atoms with van der Waals surface area (Å²) < 4.78 is 53.4. The summed E-state index contributed by atoms with van der Waals surface area (Å²) in [5, 5.41) is 2.64. The molecule has 2 rings (SSSR count). The molecule has 0 radical (unpaired) electrons. The maximum absolute atomic E-state index is 12.3. The first kappa shape index (κ1) is 18.7. The van der Waals surface area contributed by atoms with Crippen molar-refractivity contribution in [2.45, 2.75) is 13.2 Å². The van der Waals surface area contributed by atoms with Gasteiger partial charge in [0.2, 0.25) is 10.0 Å². The number of anilines is 1. The van der Waals surface area contributed by atoms with Crippen molar-refractivity contribution >= 4 is 21.6 Å². The Morgan fingerprint density at radius 3 is 2.36 bits per heavy atom. The second-order valence-electron chi connectivity index (χ2n) is 5.12. The Kier molecular flexibility index (Phi) is 5.92. The van der Waals surface area contributed by atoms with Crippen LogP contribution in [0.4, 0.5) is 14.5 Å². The Morgan fingerprint density at radius 1 is 1.12 bits per heavy atom. The number of ether oxygens (including phenoxy) is 1. The van der Waals surface area contributed by atoms with E-state index in [0.717, 1.165) is 6.26 Å². The molecule has 0 fully saturated rings. The molecule has 0 saturated carbocycles. The van der Waals surface area contributed by atoms with Crippen LogP contribution in [-0.4, -0.2) is 27.2 Å². The van der Waals surface area contributed by atoms with E-state index in [1.807, 2.05) is 0 Å². The molecule has 2 aromatic carbocycles. The fourth-order valence-corrected chi connectivity index (χ4v) is 2.61. The van der Waals surface area contributed by atoms with Crippen molar-refractivity contribution in [2.75, 3.05) is 11.0 Å². The quantitative estimate of drug-likeness (QED) is 0.785. The number of hydrogen-bond donors (Lipinski definition) is 2. The molecule has 0 aromatic heterocycles. The van der Waals surface area contributed by atoms with Gasteiger partial charge in [0.1, 0.15) is 5.75 Å². The van der Waals surface area contributed by atoms with Crippen LogP contribution in [-0.2, 0) is 16.6 Å². The minimum Gasteiger partial charge on any atom is -0.435 e. The molecule has 9 heteroatoms. The van der Waals surface area contributed by atoms with E-state index in [0.29, 0.717) is 5.56 Å². The maximum Gasteiger partial charge on any atom is 0.387 e. The molecule has 0 heterocycles. The van der Waals surface area contributed by atoms with Gasteiger partial charge in [0.25, 0.3) is 5.91 Å². The van der Waals surface area contributed by atoms with E-state index in [-0.39, 0.29) is 23.5 Å². The smallest absolute Gasteiger partial charge is 0.387 e. The van der Waals surface area contributed by atoms with E-state index in [4.69, 9.17) is 0 Å². The molecule has 0 atom stereocenters. The number of alkyl halides is 2. The van der Waals surface area contributed by atoms with E-state index in [9.17, 15) is 22.0 Å². The molecule has 2 N–H and O–H groups in total. The number of carbonyl (C=O) groups excluding carboxylic acids is 1. The van der Waals surface area contributed by atoms with Gasteiger partial charge in [-0.15, -0.1) is 0 Å². The van der Waals surface area contributed by atoms with Gasteiger partial charge < -0.3 is 10.1 Å². The summed E-state index contributed by atoms with van der Waals surface area (Å²) >= 11 is 0. The zero-order chi connectivity index (χ0) is 18.4. The van der Waals surface area contributed by atoms with Gasteiger partial charge in [-0.05, 0) is 29.8 Å². The number of hydrogen-bond acceptors (Lipinski definition) is 4. The average Bonchev–Trinajstić information content (AvgIpc) is 2.52. The monoisotopic (exact) mass is 370 g/mol. The zero-order valence-electron chi connectivity index (χ0n) is 13.2. The second-order valence-corrected chi connectivity index (χ2v) is 6.87. The highest BCUT2D eigenvalue weighted by Gasteiger charge is 2.13. The number of nitrogens with one attached hydrogen (secondary N) is 2. The second kappa shape index (κ2) is 7.93. The highest BCUT2D eigenvalue weighted by atomic mass is 32.2. The molecule has 134 valence electrons. The third-order valence-electron chi connectivity index (χ3n) is 3.07. The largest absolute Gasteiger partial charge is 0.435 e. The molecule has 1 amide bonds. The molecule has 25 heavy (non-hydrogen) atoms. The Morgan fingerprint density at radius 2 is 1.76 bits per heavy atom. The molecule has 0 unspecified atom stereocenters. The first-order valence-electron chi connectivity index (χ1n) is 7.13. The number of para-hydroxylation sites is 1. The van der Waals surface area contributed by atoms with Crippen LogP contribution in [0.25, 0.3) is 0 Å². The van der Waals surface area contributed by atoms with Crippen molar-refractivity contribution in [3.05, 3.63) is 59.7 Å². The number of halogens is 2. The van der Waals surface area contributed by atoms with E-state index >= 15 is 0 Å². The number of benzene rings is 2. The lowest BCUT2D eigenvalue weighted by atomic mass is 10.1. The Hall–Kier alpha value is -2.68. The molecule has 0 saturated heterocycles. The minimum atomic E-state index is -3.52. The SMILES string of the molecule is CS(=O)(=O)Nc1ccccc1C(=O)NCc1ccc(OC(F)F)cc1. The van der Waals surface area contributed by atoms with Crippen LogP contribution in [0.15, 0.2) is 48.5 Å². The fourth-order valence-electron chi connectivity index (χ4n) is 2.04. The lowest BCUT2D eigenvalue weighted by molar-refractivity contribution is -0.0498. The Labute approximate surface area is 143 Å². The summed E-state index contributed by atoms with van der Waals surface area (Å²) in [5.74, 6) is -0.451. The third-order valence-corrected chi connectivity index (χ3v) is 3.66. The van der Waals surface area contributed by atoms with Gasteiger partial charge in [-0.25, -0.2) is 8.42 Å². The van der Waals surface area contributed by atoms with E-state index < -0.39 is 22.5 Å². The van der Waals surface area contributed by atoms with Gasteiger partial charge >= 0.3 is 6.61 Å². The summed E-state index contributed by atoms with van der Waals surface area (Å²) in [6.45, 7) is -2.76. The third kappa shape index (κ3) is 6.03. The van der Waals surface area contributed by atoms with Gasteiger partial charge in [-0.3, -0.25) is 9.52 Å². The molecule has 0 spiro atoms. The van der Waals surface area contributed by atoms with Crippen LogP contribution in [0.1, 0.15) is 15.9 Å². The molecule has 6 nitrogen and oxygen atoms in total. The van der Waals surface area contributed by atoms with Crippen LogP contribution in [0.5, 0.6) is 5.75 Å². The summed E-state index contributed by atoms with van der Waals surface area (Å²) in [4.78, 5) is 12.3. The molecule has 0 bridgehead atoms. The van der Waals surface area contributed by atoms with Gasteiger partial charge in [-0.2, -0.15) is 8.78 Å². The highest BCUT2D eigenvalue weighted by Crippen LogP contribution is 2.17. The van der Waals surface area contributed by atoms with Crippen molar-refractivity contribution in [3.63, 3.8) is 0 Å². The first-order chi connectivity index (χ1) is 11.7. The number of sulfonamides is 1. The van der Waals surface area contributed by atoms with Crippen LogP contribution < -0.4 is 14.8 Å². The predicted molar refractivity (Wildman–Crippen MR) is 89.2 cm³/mol. The molecule has 2 aromatic rings. The van der Waals surface area contributed by atoms with Crippen LogP contribution in [0.2, 0.25) is 0 Å². The number of rotatable bonds is 7. The van der Waals surface area contributed by atoms with Crippen molar-refractivity contribution in [2.24, 2.45) is 0 Å². The lowest BCUT2D eigenvalue weighted by Crippen LogP contribution is -2.24. The van der Waals surface area contributed by atoms with E-state index in [2.05, 4.69) is 14.8 Å². The normalized spacial score (nSPS) is 11.2. The van der Waals surface area contributed by atoms with Gasteiger partial charge in [0.15, 0.2) is 0 Å². The summed E-state index contributed by atoms with van der Waals surface area (Å²) in [6.07, 6.45) is 0.991. The van der Waals surface area contributed by atoms with Crippen molar-refractivity contribution in [1.82, 2.24) is 5.32 Å². The minimum absolute atomic E-state index is 0.0211. The summed E-state index contributed by atoms with van der Waals surface area (Å²) in [7, 11) is -3.52. The number of amides is 1. The fraction of sp³-hybridized carbons (Fsp3) is 0.188. The summed E-state index contributed by atoms with van der Waals surface area (Å²) in [6, 6.07) is 12.0. The van der Waals surface area contributed by atoms with Crippen molar-refractivity contribution < 1.29 is 26.7 Å². The van der Waals surface area contributed by atoms with Crippen molar-refractivity contribution in [1.29, 1.82) is 0 Å². The lowest BCUT2D eigenvalue weighted by Gasteiger charge is -2.11. The van der Waals surface area contributed by atoms with Gasteiger partial charge in [0.05, 0.1) is 17.5 Å². The molecular formula is C16H16F2N2O4S.